The Morgan fingerprint density at radius 1 is 1.05 bits per heavy atom. The van der Waals surface area contributed by atoms with E-state index in [1.807, 2.05) is 51.1 Å². The average Bonchev–Trinajstić information content (AvgIpc) is 2.42. The van der Waals surface area contributed by atoms with Crippen molar-refractivity contribution in [1.82, 2.24) is 0 Å². The first-order valence-corrected chi connectivity index (χ1v) is 7.21. The van der Waals surface area contributed by atoms with Gasteiger partial charge >= 0.3 is 0 Å². The normalized spacial score (nSPS) is 10.3. The average molecular weight is 303 g/mol. The van der Waals surface area contributed by atoms with Gasteiger partial charge in [0.05, 0.1) is 6.54 Å². The van der Waals surface area contributed by atoms with E-state index in [0.29, 0.717) is 10.7 Å². The summed E-state index contributed by atoms with van der Waals surface area (Å²) in [6.07, 6.45) is 0. The highest BCUT2D eigenvalue weighted by atomic mass is 35.5. The molecule has 0 fully saturated rings. The Kier molecular flexibility index (Phi) is 4.86. The molecule has 4 heteroatoms. The SMILES string of the molecule is Cc1ccc(NC(=O)CNc2c(C)cccc2C)cc1Cl. The van der Waals surface area contributed by atoms with Gasteiger partial charge in [0, 0.05) is 16.4 Å². The van der Waals surface area contributed by atoms with E-state index in [2.05, 4.69) is 10.6 Å². The lowest BCUT2D eigenvalue weighted by molar-refractivity contribution is -0.114. The maximum Gasteiger partial charge on any atom is 0.243 e. The second kappa shape index (κ2) is 6.64. The van der Waals surface area contributed by atoms with Crippen molar-refractivity contribution >= 4 is 28.9 Å². The predicted molar refractivity (Wildman–Crippen MR) is 89.2 cm³/mol. The molecule has 110 valence electrons. The number of para-hydroxylation sites is 1. The lowest BCUT2D eigenvalue weighted by atomic mass is 10.1. The number of hydrogen-bond acceptors (Lipinski definition) is 2. The smallest absolute Gasteiger partial charge is 0.243 e. The molecule has 3 nitrogen and oxygen atoms in total. The molecule has 2 N–H and O–H groups in total. The van der Waals surface area contributed by atoms with Crippen molar-refractivity contribution in [2.75, 3.05) is 17.2 Å². The Morgan fingerprint density at radius 2 is 1.71 bits per heavy atom. The molecular weight excluding hydrogens is 284 g/mol. The maximum absolute atomic E-state index is 12.0. The molecule has 0 aromatic heterocycles. The molecule has 2 rings (SSSR count). The first-order valence-electron chi connectivity index (χ1n) is 6.83. The van der Waals surface area contributed by atoms with E-state index in [1.165, 1.54) is 0 Å². The summed E-state index contributed by atoms with van der Waals surface area (Å²) in [6, 6.07) is 11.5. The van der Waals surface area contributed by atoms with Crippen LogP contribution in [-0.4, -0.2) is 12.5 Å². The third-order valence-corrected chi connectivity index (χ3v) is 3.77. The topological polar surface area (TPSA) is 41.1 Å². The van der Waals surface area contributed by atoms with Gasteiger partial charge in [-0.2, -0.15) is 0 Å². The van der Waals surface area contributed by atoms with Crippen LogP contribution >= 0.6 is 11.6 Å². The molecule has 0 saturated heterocycles. The van der Waals surface area contributed by atoms with Gasteiger partial charge in [0.15, 0.2) is 0 Å². The van der Waals surface area contributed by atoms with Gasteiger partial charge in [-0.15, -0.1) is 0 Å². The van der Waals surface area contributed by atoms with E-state index in [4.69, 9.17) is 11.6 Å². The summed E-state index contributed by atoms with van der Waals surface area (Å²) < 4.78 is 0. The number of carbonyl (C=O) groups excluding carboxylic acids is 1. The first kappa shape index (κ1) is 15.4. The first-order chi connectivity index (χ1) is 9.97. The van der Waals surface area contributed by atoms with E-state index in [-0.39, 0.29) is 12.5 Å². The van der Waals surface area contributed by atoms with Crippen LogP contribution in [0.2, 0.25) is 5.02 Å². The van der Waals surface area contributed by atoms with Gasteiger partial charge in [0.25, 0.3) is 0 Å². The van der Waals surface area contributed by atoms with Crippen molar-refractivity contribution in [3.63, 3.8) is 0 Å². The molecule has 0 unspecified atom stereocenters. The summed E-state index contributed by atoms with van der Waals surface area (Å²) in [5.41, 5.74) is 4.96. The van der Waals surface area contributed by atoms with E-state index in [1.54, 1.807) is 6.07 Å². The number of halogens is 1. The molecule has 2 aromatic carbocycles. The Bertz CT molecular complexity index is 648. The van der Waals surface area contributed by atoms with Crippen LogP contribution in [0.5, 0.6) is 0 Å². The summed E-state index contributed by atoms with van der Waals surface area (Å²) in [6.45, 7) is 6.19. The van der Waals surface area contributed by atoms with Crippen LogP contribution in [0.15, 0.2) is 36.4 Å². The monoisotopic (exact) mass is 302 g/mol. The highest BCUT2D eigenvalue weighted by molar-refractivity contribution is 6.31. The quantitative estimate of drug-likeness (QED) is 0.883. The largest absolute Gasteiger partial charge is 0.376 e. The van der Waals surface area contributed by atoms with Crippen LogP contribution in [-0.2, 0) is 4.79 Å². The van der Waals surface area contributed by atoms with E-state index >= 15 is 0 Å². The van der Waals surface area contributed by atoms with Crippen LogP contribution < -0.4 is 10.6 Å². The molecule has 0 bridgehead atoms. The molecule has 21 heavy (non-hydrogen) atoms. The second-order valence-corrected chi connectivity index (χ2v) is 5.54. The molecule has 0 aliphatic carbocycles. The number of carbonyl (C=O) groups is 1. The number of amides is 1. The van der Waals surface area contributed by atoms with Crippen molar-refractivity contribution in [2.45, 2.75) is 20.8 Å². The van der Waals surface area contributed by atoms with Gasteiger partial charge in [-0.3, -0.25) is 4.79 Å². The Hall–Kier alpha value is -2.00. The molecule has 0 atom stereocenters. The summed E-state index contributed by atoms with van der Waals surface area (Å²) in [7, 11) is 0. The van der Waals surface area contributed by atoms with Gasteiger partial charge in [-0.1, -0.05) is 35.9 Å². The van der Waals surface area contributed by atoms with Crippen molar-refractivity contribution in [1.29, 1.82) is 0 Å². The predicted octanol–water partition coefficient (Wildman–Crippen LogP) is 4.32. The third kappa shape index (κ3) is 3.99. The van der Waals surface area contributed by atoms with Crippen molar-refractivity contribution in [3.05, 3.63) is 58.1 Å². The fraction of sp³-hybridized carbons (Fsp3) is 0.235. The Labute approximate surface area is 130 Å². The van der Waals surface area contributed by atoms with Crippen LogP contribution in [0.3, 0.4) is 0 Å². The minimum atomic E-state index is -0.0995. The Balaban J connectivity index is 1.97. The van der Waals surface area contributed by atoms with Crippen LogP contribution in [0.25, 0.3) is 0 Å². The van der Waals surface area contributed by atoms with Crippen LogP contribution in [0.1, 0.15) is 16.7 Å². The molecule has 2 aromatic rings. The summed E-state index contributed by atoms with van der Waals surface area (Å²) >= 11 is 6.04. The van der Waals surface area contributed by atoms with Gasteiger partial charge < -0.3 is 10.6 Å². The maximum atomic E-state index is 12.0. The fourth-order valence-corrected chi connectivity index (χ4v) is 2.32. The molecule has 0 radical (unpaired) electrons. The van der Waals surface area contributed by atoms with Crippen LogP contribution in [0.4, 0.5) is 11.4 Å². The number of benzene rings is 2. The van der Waals surface area contributed by atoms with E-state index in [9.17, 15) is 4.79 Å². The second-order valence-electron chi connectivity index (χ2n) is 5.13. The number of nitrogens with one attached hydrogen (secondary N) is 2. The minimum Gasteiger partial charge on any atom is -0.376 e. The number of anilines is 2. The zero-order valence-electron chi connectivity index (χ0n) is 12.5. The number of hydrogen-bond donors (Lipinski definition) is 2. The summed E-state index contributed by atoms with van der Waals surface area (Å²) in [5, 5.41) is 6.66. The van der Waals surface area contributed by atoms with Crippen molar-refractivity contribution < 1.29 is 4.79 Å². The van der Waals surface area contributed by atoms with Crippen molar-refractivity contribution in [2.24, 2.45) is 0 Å². The highest BCUT2D eigenvalue weighted by Gasteiger charge is 2.06. The van der Waals surface area contributed by atoms with Gasteiger partial charge in [0.1, 0.15) is 0 Å². The van der Waals surface area contributed by atoms with Crippen molar-refractivity contribution in [3.8, 4) is 0 Å². The fourth-order valence-electron chi connectivity index (χ4n) is 2.14. The number of rotatable bonds is 4. The molecule has 0 spiro atoms. The molecule has 1 amide bonds. The van der Waals surface area contributed by atoms with E-state index < -0.39 is 0 Å². The molecule has 0 aliphatic heterocycles. The highest BCUT2D eigenvalue weighted by Crippen LogP contribution is 2.21. The lowest BCUT2D eigenvalue weighted by Gasteiger charge is -2.13. The minimum absolute atomic E-state index is 0.0995. The van der Waals surface area contributed by atoms with Crippen LogP contribution in [0, 0.1) is 20.8 Å². The Morgan fingerprint density at radius 3 is 2.33 bits per heavy atom. The zero-order chi connectivity index (χ0) is 15.4. The zero-order valence-corrected chi connectivity index (χ0v) is 13.2. The molecule has 0 saturated carbocycles. The standard InChI is InChI=1S/C17H19ClN2O/c1-11-7-8-14(9-15(11)18)20-16(21)10-19-17-12(2)5-4-6-13(17)3/h4-9,19H,10H2,1-3H3,(H,20,21). The summed E-state index contributed by atoms with van der Waals surface area (Å²) in [5.74, 6) is -0.0995. The molecule has 0 aliphatic rings. The summed E-state index contributed by atoms with van der Waals surface area (Å²) in [4.78, 5) is 12.0. The number of aryl methyl sites for hydroxylation is 3. The van der Waals surface area contributed by atoms with Gasteiger partial charge in [0.2, 0.25) is 5.91 Å². The third-order valence-electron chi connectivity index (χ3n) is 3.36. The van der Waals surface area contributed by atoms with Gasteiger partial charge in [-0.25, -0.2) is 0 Å². The van der Waals surface area contributed by atoms with E-state index in [0.717, 1.165) is 22.4 Å². The lowest BCUT2D eigenvalue weighted by Crippen LogP contribution is -2.22. The molecular formula is C17H19ClN2O. The van der Waals surface area contributed by atoms with Gasteiger partial charge in [-0.05, 0) is 49.6 Å². The molecule has 0 heterocycles.